The number of carbonyl (C=O) groups excluding carboxylic acids is 1. The summed E-state index contributed by atoms with van der Waals surface area (Å²) in [6.45, 7) is -0.478. The smallest absolute Gasteiger partial charge is 0.266 e. The van der Waals surface area contributed by atoms with E-state index in [4.69, 9.17) is 0 Å². The fourth-order valence-corrected chi connectivity index (χ4v) is 3.49. The van der Waals surface area contributed by atoms with Crippen molar-refractivity contribution in [1.29, 1.82) is 0 Å². The van der Waals surface area contributed by atoms with Crippen molar-refractivity contribution in [2.75, 3.05) is 42.3 Å². The summed E-state index contributed by atoms with van der Waals surface area (Å²) in [5.74, 6) is -3.36. The number of halogens is 3. The van der Waals surface area contributed by atoms with Gasteiger partial charge in [-0.3, -0.25) is 4.79 Å². The maximum atomic E-state index is 14.6. The van der Waals surface area contributed by atoms with Crippen LogP contribution in [0.2, 0.25) is 0 Å². The molecule has 0 atom stereocenters. The second kappa shape index (κ2) is 8.45. The van der Waals surface area contributed by atoms with E-state index in [9.17, 15) is 18.0 Å². The molecule has 10 heteroatoms. The van der Waals surface area contributed by atoms with Gasteiger partial charge >= 0.3 is 0 Å². The second-order valence-electron chi connectivity index (χ2n) is 7.68. The van der Waals surface area contributed by atoms with Gasteiger partial charge in [-0.1, -0.05) is 18.2 Å². The number of aromatic nitrogens is 3. The summed E-state index contributed by atoms with van der Waals surface area (Å²) in [5.41, 5.74) is 0.868. The predicted octanol–water partition coefficient (Wildman–Crippen LogP) is 3.84. The summed E-state index contributed by atoms with van der Waals surface area (Å²) >= 11 is 0. The number of carbonyl (C=O) groups is 1. The van der Waals surface area contributed by atoms with Crippen LogP contribution in [0.1, 0.15) is 16.8 Å². The Bertz CT molecular complexity index is 1140. The summed E-state index contributed by atoms with van der Waals surface area (Å²) in [6.07, 6.45) is 3.81. The van der Waals surface area contributed by atoms with E-state index in [-0.39, 0.29) is 35.6 Å². The van der Waals surface area contributed by atoms with Gasteiger partial charge < -0.3 is 15.1 Å². The van der Waals surface area contributed by atoms with Crippen LogP contribution in [0.5, 0.6) is 0 Å². The van der Waals surface area contributed by atoms with Crippen LogP contribution in [0.4, 0.5) is 30.6 Å². The van der Waals surface area contributed by atoms with Gasteiger partial charge in [-0.25, -0.2) is 28.1 Å². The molecular weight excluding hydrogens is 421 g/mol. The molecule has 0 saturated carbocycles. The first-order valence-corrected chi connectivity index (χ1v) is 9.92. The van der Waals surface area contributed by atoms with Crippen molar-refractivity contribution in [3.63, 3.8) is 0 Å². The predicted molar refractivity (Wildman–Crippen MR) is 116 cm³/mol. The number of amides is 1. The molecule has 0 spiro atoms. The van der Waals surface area contributed by atoms with Gasteiger partial charge in [-0.05, 0) is 12.1 Å². The molecule has 2 aromatic heterocycles. The number of nitrogens with one attached hydrogen (secondary N) is 1. The highest BCUT2D eigenvalue weighted by Crippen LogP contribution is 2.39. The van der Waals surface area contributed by atoms with E-state index in [1.165, 1.54) is 35.6 Å². The lowest BCUT2D eigenvalue weighted by Crippen LogP contribution is -2.27. The minimum Gasteiger partial charge on any atom is -0.349 e. The van der Waals surface area contributed by atoms with Gasteiger partial charge in [0.15, 0.2) is 5.82 Å². The zero-order valence-corrected chi connectivity index (χ0v) is 17.5. The Labute approximate surface area is 182 Å². The Kier molecular flexibility index (Phi) is 5.68. The maximum absolute atomic E-state index is 14.6. The monoisotopic (exact) mass is 442 g/mol. The van der Waals surface area contributed by atoms with Gasteiger partial charge in [-0.2, -0.15) is 0 Å². The number of alkyl halides is 2. The maximum Gasteiger partial charge on any atom is 0.266 e. The van der Waals surface area contributed by atoms with E-state index in [0.29, 0.717) is 11.5 Å². The summed E-state index contributed by atoms with van der Waals surface area (Å²) in [5, 5.41) is 2.73. The van der Waals surface area contributed by atoms with Crippen molar-refractivity contribution >= 4 is 23.4 Å². The molecule has 1 fully saturated rings. The number of hydrogen-bond acceptors (Lipinski definition) is 6. The average Bonchev–Trinajstić information content (AvgIpc) is 3.14. The molecule has 1 amide bonds. The highest BCUT2D eigenvalue weighted by molar-refractivity contribution is 6.08. The number of anilines is 3. The highest BCUT2D eigenvalue weighted by atomic mass is 19.3. The molecule has 0 aliphatic carbocycles. The first kappa shape index (κ1) is 21.5. The van der Waals surface area contributed by atoms with Crippen LogP contribution in [0, 0.1) is 5.82 Å². The Hall–Kier alpha value is -3.69. The summed E-state index contributed by atoms with van der Waals surface area (Å²) in [4.78, 5) is 28.5. The molecule has 0 bridgehead atoms. The first-order valence-electron chi connectivity index (χ1n) is 9.92. The van der Waals surface area contributed by atoms with Gasteiger partial charge in [0, 0.05) is 56.8 Å². The third kappa shape index (κ3) is 4.34. The summed E-state index contributed by atoms with van der Waals surface area (Å²) < 4.78 is 42.4. The van der Waals surface area contributed by atoms with E-state index in [1.807, 2.05) is 0 Å². The lowest BCUT2D eigenvalue weighted by molar-refractivity contribution is 0.0257. The van der Waals surface area contributed by atoms with Gasteiger partial charge in [0.2, 0.25) is 5.95 Å². The Morgan fingerprint density at radius 2 is 1.81 bits per heavy atom. The molecule has 0 radical (unpaired) electrons. The number of rotatable bonds is 5. The second-order valence-corrected chi connectivity index (χ2v) is 7.68. The molecule has 166 valence electrons. The number of nitrogens with zero attached hydrogens (tertiary/aromatic N) is 5. The van der Waals surface area contributed by atoms with Crippen LogP contribution in [-0.4, -0.2) is 54.0 Å². The Morgan fingerprint density at radius 3 is 2.44 bits per heavy atom. The average molecular weight is 442 g/mol. The molecule has 1 aliphatic rings. The lowest BCUT2D eigenvalue weighted by atomic mass is 10.0. The molecule has 7 nitrogen and oxygen atoms in total. The molecule has 0 unspecified atom stereocenters. The van der Waals surface area contributed by atoms with Crippen molar-refractivity contribution < 1.29 is 18.0 Å². The molecule has 32 heavy (non-hydrogen) atoms. The Morgan fingerprint density at radius 1 is 1.09 bits per heavy atom. The van der Waals surface area contributed by atoms with Crippen molar-refractivity contribution in [2.45, 2.75) is 12.3 Å². The molecule has 4 rings (SSSR count). The van der Waals surface area contributed by atoms with E-state index in [1.54, 1.807) is 37.2 Å². The number of benzene rings is 1. The fourth-order valence-electron chi connectivity index (χ4n) is 3.49. The lowest BCUT2D eigenvalue weighted by Gasteiger charge is -2.23. The topological polar surface area (TPSA) is 74.2 Å². The molecule has 1 N–H and O–H groups in total. The van der Waals surface area contributed by atoms with Crippen molar-refractivity contribution in [3.8, 4) is 11.1 Å². The zero-order valence-electron chi connectivity index (χ0n) is 17.5. The van der Waals surface area contributed by atoms with Gasteiger partial charge in [0.05, 0.1) is 17.8 Å². The van der Waals surface area contributed by atoms with Crippen LogP contribution < -0.4 is 15.1 Å². The standard InChI is InChI=1S/C22H21F3N6O/c1-30(2)21-27-11-14(12-28-21)20(32)29-18-16(15-5-3-4-6-17(15)23)7-9-26-19(18)31-10-8-22(24,25)13-31/h3-7,9,11-12H,8,10,13H2,1-2H3,(H,29,32). The molecular formula is C22H21F3N6O. The number of pyridine rings is 1. The van der Waals surface area contributed by atoms with E-state index >= 15 is 0 Å². The first-order chi connectivity index (χ1) is 15.2. The van der Waals surface area contributed by atoms with E-state index in [2.05, 4.69) is 20.3 Å². The van der Waals surface area contributed by atoms with Gasteiger partial charge in [-0.15, -0.1) is 0 Å². The van der Waals surface area contributed by atoms with E-state index < -0.39 is 24.2 Å². The number of hydrogen-bond donors (Lipinski definition) is 1. The third-order valence-electron chi connectivity index (χ3n) is 5.10. The quantitative estimate of drug-likeness (QED) is 0.647. The SMILES string of the molecule is CN(C)c1ncc(C(=O)Nc2c(-c3ccccc3F)ccnc2N2CCC(F)(F)C2)cn1. The van der Waals surface area contributed by atoms with Crippen LogP contribution in [0.3, 0.4) is 0 Å². The van der Waals surface area contributed by atoms with Crippen molar-refractivity contribution in [2.24, 2.45) is 0 Å². The van der Waals surface area contributed by atoms with E-state index in [0.717, 1.165) is 0 Å². The van der Waals surface area contributed by atoms with Crippen molar-refractivity contribution in [1.82, 2.24) is 15.0 Å². The minimum atomic E-state index is -2.87. The normalized spacial score (nSPS) is 15.0. The van der Waals surface area contributed by atoms with Gasteiger partial charge in [0.1, 0.15) is 5.82 Å². The zero-order chi connectivity index (χ0) is 22.9. The van der Waals surface area contributed by atoms with Crippen molar-refractivity contribution in [3.05, 3.63) is 60.3 Å². The summed E-state index contributed by atoms with van der Waals surface area (Å²) in [7, 11) is 3.53. The molecule has 3 heterocycles. The molecule has 1 aromatic carbocycles. The van der Waals surface area contributed by atoms with Crippen LogP contribution in [0.25, 0.3) is 11.1 Å². The summed E-state index contributed by atoms with van der Waals surface area (Å²) in [6, 6.07) is 7.58. The van der Waals surface area contributed by atoms with Gasteiger partial charge in [0.25, 0.3) is 11.8 Å². The minimum absolute atomic E-state index is 0.0598. The molecule has 3 aromatic rings. The van der Waals surface area contributed by atoms with Crippen LogP contribution in [0.15, 0.2) is 48.9 Å². The molecule has 1 aliphatic heterocycles. The Balaban J connectivity index is 1.76. The van der Waals surface area contributed by atoms with Crippen LogP contribution in [-0.2, 0) is 0 Å². The highest BCUT2D eigenvalue weighted by Gasteiger charge is 2.40. The third-order valence-corrected chi connectivity index (χ3v) is 5.10. The fraction of sp³-hybridized carbons (Fsp3) is 0.273. The van der Waals surface area contributed by atoms with Crippen LogP contribution >= 0.6 is 0 Å². The largest absolute Gasteiger partial charge is 0.349 e. The molecule has 1 saturated heterocycles.